The number of hydrogen-bond donors (Lipinski definition) is 0. The normalized spacial score (nSPS) is 31.3. The molecule has 0 aliphatic carbocycles. The molecule has 10 heteroatoms. The van der Waals surface area contributed by atoms with Crippen molar-refractivity contribution in [2.45, 2.75) is 37.3 Å². The molecule has 0 spiro atoms. The molecule has 0 radical (unpaired) electrons. The van der Waals surface area contributed by atoms with E-state index in [1.54, 1.807) is 38.2 Å². The van der Waals surface area contributed by atoms with Gasteiger partial charge < -0.3 is 28.4 Å². The molecule has 0 saturated carbocycles. The van der Waals surface area contributed by atoms with Gasteiger partial charge in [0.2, 0.25) is 0 Å². The van der Waals surface area contributed by atoms with E-state index in [9.17, 15) is 19.2 Å². The lowest BCUT2D eigenvalue weighted by atomic mass is 9.57. The third kappa shape index (κ3) is 2.61. The van der Waals surface area contributed by atoms with Crippen molar-refractivity contribution in [3.8, 4) is 0 Å². The van der Waals surface area contributed by atoms with Crippen molar-refractivity contribution in [1.82, 2.24) is 0 Å². The lowest BCUT2D eigenvalue weighted by Crippen LogP contribution is -2.60. The third-order valence-corrected chi connectivity index (χ3v) is 6.93. The summed E-state index contributed by atoms with van der Waals surface area (Å²) in [5.41, 5.74) is -4.50. The van der Waals surface area contributed by atoms with E-state index in [1.165, 1.54) is 28.4 Å². The van der Waals surface area contributed by atoms with Gasteiger partial charge in [-0.3, -0.25) is 0 Å². The highest BCUT2D eigenvalue weighted by atomic mass is 16.6. The Balaban J connectivity index is 1.98. The van der Waals surface area contributed by atoms with Crippen molar-refractivity contribution in [2.75, 3.05) is 28.4 Å². The summed E-state index contributed by atoms with van der Waals surface area (Å²) in [5.74, 6) is -3.07. The highest BCUT2D eigenvalue weighted by Gasteiger charge is 2.72. The van der Waals surface area contributed by atoms with Crippen LogP contribution >= 0.6 is 0 Å². The van der Waals surface area contributed by atoms with Crippen LogP contribution in [0.3, 0.4) is 0 Å². The van der Waals surface area contributed by atoms with Gasteiger partial charge in [0.1, 0.15) is 23.4 Å². The highest BCUT2D eigenvalue weighted by Crippen LogP contribution is 2.63. The van der Waals surface area contributed by atoms with Crippen LogP contribution < -0.4 is 0 Å². The summed E-state index contributed by atoms with van der Waals surface area (Å²) in [4.78, 5) is 51.1. The summed E-state index contributed by atoms with van der Waals surface area (Å²) in [6.45, 7) is 3.41. The van der Waals surface area contributed by atoms with Gasteiger partial charge >= 0.3 is 23.9 Å². The predicted molar refractivity (Wildman–Crippen MR) is 109 cm³/mol. The van der Waals surface area contributed by atoms with E-state index in [1.807, 2.05) is 0 Å². The predicted octanol–water partition coefficient (Wildman–Crippen LogP) is 0.713. The maximum absolute atomic E-state index is 13.0. The van der Waals surface area contributed by atoms with Crippen LogP contribution in [-0.2, 0) is 47.6 Å². The van der Waals surface area contributed by atoms with Gasteiger partial charge in [-0.1, -0.05) is 26.0 Å². The molecule has 4 heterocycles. The summed E-state index contributed by atoms with van der Waals surface area (Å²) >= 11 is 0. The molecule has 10 nitrogen and oxygen atoms in total. The summed E-state index contributed by atoms with van der Waals surface area (Å²) in [7, 11) is 4.76. The van der Waals surface area contributed by atoms with Crippen molar-refractivity contribution in [1.29, 1.82) is 0 Å². The fraction of sp³-hybridized carbons (Fsp3) is 0.478. The van der Waals surface area contributed by atoms with E-state index < -0.39 is 52.7 Å². The van der Waals surface area contributed by atoms with Gasteiger partial charge in [-0.2, -0.15) is 0 Å². The molecule has 0 aromatic heterocycles. The molecular formula is C23H24O10. The van der Waals surface area contributed by atoms with E-state index in [4.69, 9.17) is 28.4 Å². The van der Waals surface area contributed by atoms with Crippen molar-refractivity contribution in [2.24, 2.45) is 5.41 Å². The van der Waals surface area contributed by atoms with Crippen LogP contribution in [0.4, 0.5) is 0 Å². The molecule has 4 bridgehead atoms. The summed E-state index contributed by atoms with van der Waals surface area (Å²) < 4.78 is 32.2. The molecular weight excluding hydrogens is 436 g/mol. The Morgan fingerprint density at radius 3 is 1.33 bits per heavy atom. The number of esters is 4. The molecule has 4 aliphatic rings. The molecule has 0 amide bonds. The topological polar surface area (TPSA) is 124 Å². The second-order valence-electron chi connectivity index (χ2n) is 8.44. The van der Waals surface area contributed by atoms with Gasteiger partial charge in [0.15, 0.2) is 0 Å². The summed E-state index contributed by atoms with van der Waals surface area (Å²) in [6.07, 6.45) is 4.81. The quantitative estimate of drug-likeness (QED) is 0.318. The average Bonchev–Trinajstić information content (AvgIpc) is 3.59. The SMILES string of the molecule is COC(=O)C1=C(C(=O)OC)[C@@]2(C(C)(C)C34C=C[C@@H](O3)C(C(=O)OC)=C4C(=O)OC)C=C[C@@H]1O2. The maximum Gasteiger partial charge on any atom is 0.337 e. The number of hydrogen-bond acceptors (Lipinski definition) is 10. The maximum atomic E-state index is 13.0. The first-order valence-electron chi connectivity index (χ1n) is 10.1. The van der Waals surface area contributed by atoms with Crippen LogP contribution in [0.15, 0.2) is 46.6 Å². The molecule has 4 aliphatic heterocycles. The van der Waals surface area contributed by atoms with Gasteiger partial charge in [0.25, 0.3) is 0 Å². The smallest absolute Gasteiger partial charge is 0.337 e. The third-order valence-electron chi connectivity index (χ3n) is 6.93. The fourth-order valence-corrected chi connectivity index (χ4v) is 5.28. The number of carbonyl (C=O) groups is 4. The number of carbonyl (C=O) groups excluding carboxylic acids is 4. The minimum atomic E-state index is -1.56. The highest BCUT2D eigenvalue weighted by molar-refractivity contribution is 6.07. The van der Waals surface area contributed by atoms with Gasteiger partial charge in [0.05, 0.1) is 50.7 Å². The molecule has 4 atom stereocenters. The minimum Gasteiger partial charge on any atom is -0.466 e. The average molecular weight is 460 g/mol. The largest absolute Gasteiger partial charge is 0.466 e. The minimum absolute atomic E-state index is 0.00429. The molecule has 0 N–H and O–H groups in total. The van der Waals surface area contributed by atoms with Crippen molar-refractivity contribution < 1.29 is 47.6 Å². The number of methoxy groups -OCH3 is 4. The first kappa shape index (κ1) is 22.9. The van der Waals surface area contributed by atoms with E-state index in [2.05, 4.69) is 0 Å². The summed E-state index contributed by atoms with van der Waals surface area (Å²) in [5, 5.41) is 0. The number of rotatable bonds is 6. The van der Waals surface area contributed by atoms with Crippen molar-refractivity contribution >= 4 is 23.9 Å². The van der Waals surface area contributed by atoms with Crippen molar-refractivity contribution in [3.63, 3.8) is 0 Å². The number of ether oxygens (including phenoxy) is 6. The van der Waals surface area contributed by atoms with Gasteiger partial charge in [0, 0.05) is 5.41 Å². The zero-order valence-electron chi connectivity index (χ0n) is 19.0. The molecule has 1 unspecified atom stereocenters. The Labute approximate surface area is 189 Å². The Kier molecular flexibility index (Phi) is 5.14. The molecule has 4 rings (SSSR count). The van der Waals surface area contributed by atoms with Crippen LogP contribution in [0.25, 0.3) is 0 Å². The Morgan fingerprint density at radius 1 is 0.697 bits per heavy atom. The van der Waals surface area contributed by atoms with E-state index in [0.29, 0.717) is 0 Å². The molecule has 0 fully saturated rings. The Morgan fingerprint density at radius 2 is 1.03 bits per heavy atom. The zero-order chi connectivity index (χ0) is 24.3. The van der Waals surface area contributed by atoms with Crippen LogP contribution in [0.2, 0.25) is 0 Å². The Hall–Kier alpha value is -3.24. The van der Waals surface area contributed by atoms with Crippen LogP contribution in [0.1, 0.15) is 13.8 Å². The molecule has 176 valence electrons. The van der Waals surface area contributed by atoms with E-state index >= 15 is 0 Å². The fourth-order valence-electron chi connectivity index (χ4n) is 5.28. The van der Waals surface area contributed by atoms with Gasteiger partial charge in [-0.05, 0) is 12.2 Å². The molecule has 33 heavy (non-hydrogen) atoms. The molecule has 0 saturated heterocycles. The lowest BCUT2D eigenvalue weighted by Gasteiger charge is -2.50. The zero-order valence-corrected chi connectivity index (χ0v) is 19.0. The van der Waals surface area contributed by atoms with Crippen LogP contribution in [-0.4, -0.2) is 75.7 Å². The summed E-state index contributed by atoms with van der Waals surface area (Å²) in [6, 6.07) is 0. The van der Waals surface area contributed by atoms with Crippen molar-refractivity contribution in [3.05, 3.63) is 46.6 Å². The van der Waals surface area contributed by atoms with Crippen LogP contribution in [0.5, 0.6) is 0 Å². The van der Waals surface area contributed by atoms with E-state index in [-0.39, 0.29) is 22.3 Å². The number of fused-ring (bicyclic) bond motifs is 4. The van der Waals surface area contributed by atoms with E-state index in [0.717, 1.165) is 0 Å². The molecule has 0 aromatic rings. The monoisotopic (exact) mass is 460 g/mol. The lowest BCUT2D eigenvalue weighted by molar-refractivity contribution is -0.156. The Bertz CT molecular complexity index is 1010. The first-order chi connectivity index (χ1) is 15.6. The molecule has 0 aromatic carbocycles. The first-order valence-corrected chi connectivity index (χ1v) is 10.1. The standard InChI is InChI=1S/C23H24O10/c1-21(2,22-9-7-11(32-22)13(17(24)28-3)15(22)19(26)30-5)23-10-8-12(33-23)14(18(25)29-4)16(23)20(27)31-6/h7-12H,1-6H3/t11-,12+,22+,23?/m0/s1. The van der Waals surface area contributed by atoms with Gasteiger partial charge in [-0.15, -0.1) is 0 Å². The second kappa shape index (κ2) is 7.39. The van der Waals surface area contributed by atoms with Gasteiger partial charge in [-0.25, -0.2) is 19.2 Å². The second-order valence-corrected chi connectivity index (χ2v) is 8.44. The van der Waals surface area contributed by atoms with Crippen LogP contribution in [0, 0.1) is 5.41 Å².